The zero-order valence-electron chi connectivity index (χ0n) is 7.46. The van der Waals surface area contributed by atoms with Gasteiger partial charge in [0.05, 0.1) is 13.9 Å². The van der Waals surface area contributed by atoms with Crippen LogP contribution in [0.25, 0.3) is 0 Å². The molecule has 1 unspecified atom stereocenters. The minimum Gasteiger partial charge on any atom is -0.300 e. The quantitative estimate of drug-likeness (QED) is 0.389. The van der Waals surface area contributed by atoms with Gasteiger partial charge >= 0.3 is 0 Å². The number of rotatable bonds is 2. The summed E-state index contributed by atoms with van der Waals surface area (Å²) in [4.78, 5) is 0. The molecule has 0 aliphatic carbocycles. The van der Waals surface area contributed by atoms with Crippen LogP contribution < -0.4 is 5.32 Å². The topological polar surface area (TPSA) is 12.0 Å². The molecule has 0 aromatic heterocycles. The Morgan fingerprint density at radius 3 is 1.80 bits per heavy atom. The molecule has 0 aliphatic rings. The van der Waals surface area contributed by atoms with Crippen molar-refractivity contribution in [3.8, 4) is 0 Å². The van der Waals surface area contributed by atoms with Crippen LogP contribution in [0.5, 0.6) is 0 Å². The van der Waals surface area contributed by atoms with Gasteiger partial charge in [0.15, 0.2) is 0 Å². The normalized spacial score (nSPS) is 15.9. The van der Waals surface area contributed by atoms with E-state index in [1.54, 1.807) is 0 Å². The molecule has 10 heavy (non-hydrogen) atoms. The summed E-state index contributed by atoms with van der Waals surface area (Å²) in [6.45, 7) is 10.8. The van der Waals surface area contributed by atoms with Crippen molar-refractivity contribution >= 4 is 20.4 Å². The minimum absolute atomic E-state index is 0.147. The zero-order chi connectivity index (χ0) is 8.36. The molecular formula is C7H17ClNSi. The van der Waals surface area contributed by atoms with Crippen LogP contribution in [0.1, 0.15) is 20.8 Å². The van der Waals surface area contributed by atoms with Gasteiger partial charge in [0.1, 0.15) is 0 Å². The first-order chi connectivity index (χ1) is 4.33. The van der Waals surface area contributed by atoms with Gasteiger partial charge in [-0.15, -0.1) is 11.6 Å². The predicted octanol–water partition coefficient (Wildman–Crippen LogP) is 2.23. The number of hydrogen-bond donors (Lipinski definition) is 1. The molecule has 0 heterocycles. The lowest BCUT2D eigenvalue weighted by Gasteiger charge is -2.26. The van der Waals surface area contributed by atoms with Crippen molar-refractivity contribution < 1.29 is 0 Å². The molecule has 0 saturated heterocycles. The van der Waals surface area contributed by atoms with E-state index in [4.69, 9.17) is 11.6 Å². The molecule has 3 heteroatoms. The van der Waals surface area contributed by atoms with E-state index in [2.05, 4.69) is 39.2 Å². The van der Waals surface area contributed by atoms with Gasteiger partial charge in [-0.25, -0.2) is 0 Å². The summed E-state index contributed by atoms with van der Waals surface area (Å²) in [5.74, 6) is 0. The van der Waals surface area contributed by atoms with Gasteiger partial charge in [0.25, 0.3) is 0 Å². The predicted molar refractivity (Wildman–Crippen MR) is 50.0 cm³/mol. The lowest BCUT2D eigenvalue weighted by atomic mass is 10.1. The Morgan fingerprint density at radius 1 is 1.30 bits per heavy atom. The Hall–Kier alpha value is 0.467. The van der Waals surface area contributed by atoms with Gasteiger partial charge in [-0.1, -0.05) is 13.1 Å². The number of halogens is 1. The molecule has 0 aromatic rings. The van der Waals surface area contributed by atoms with Crippen molar-refractivity contribution in [3.63, 3.8) is 0 Å². The molecule has 0 aromatic carbocycles. The Morgan fingerprint density at radius 2 is 1.70 bits per heavy atom. The molecule has 0 rings (SSSR count). The van der Waals surface area contributed by atoms with Gasteiger partial charge in [-0.05, 0) is 20.8 Å². The van der Waals surface area contributed by atoms with Crippen molar-refractivity contribution in [3.05, 3.63) is 0 Å². The van der Waals surface area contributed by atoms with E-state index >= 15 is 0 Å². The van der Waals surface area contributed by atoms with Gasteiger partial charge in [-0.3, -0.25) is 5.32 Å². The first-order valence-electron chi connectivity index (χ1n) is 3.55. The number of nitrogens with one attached hydrogen (secondary N) is 1. The maximum absolute atomic E-state index is 6.03. The van der Waals surface area contributed by atoms with Crippen LogP contribution in [0, 0.1) is 0 Å². The molecule has 0 fully saturated rings. The maximum Gasteiger partial charge on any atom is 0.0826 e. The largest absolute Gasteiger partial charge is 0.300 e. The summed E-state index contributed by atoms with van der Waals surface area (Å²) >= 11 is 6.03. The minimum atomic E-state index is -0.391. The standard InChI is InChI=1S/C7H17ClNSi/c1-7(2,3)9-6(8)10(4)5/h6,9H,1-5H3. The summed E-state index contributed by atoms with van der Waals surface area (Å²) in [5.41, 5.74) is 0.147. The molecule has 0 spiro atoms. The Balaban J connectivity index is 3.68. The molecule has 0 amide bonds. The lowest BCUT2D eigenvalue weighted by molar-refractivity contribution is 0.443. The highest BCUT2D eigenvalue weighted by Gasteiger charge is 2.17. The third-order valence-corrected chi connectivity index (χ3v) is 3.64. The molecule has 0 aliphatic heterocycles. The van der Waals surface area contributed by atoms with E-state index in [0.717, 1.165) is 0 Å². The smallest absolute Gasteiger partial charge is 0.0826 e. The molecular weight excluding hydrogens is 162 g/mol. The van der Waals surface area contributed by atoms with Gasteiger partial charge < -0.3 is 0 Å². The third kappa shape index (κ3) is 5.27. The van der Waals surface area contributed by atoms with Crippen molar-refractivity contribution in [1.82, 2.24) is 5.32 Å². The van der Waals surface area contributed by atoms with Crippen LogP contribution in [0.4, 0.5) is 0 Å². The maximum atomic E-state index is 6.03. The molecule has 1 radical (unpaired) electrons. The number of alkyl halides is 1. The fourth-order valence-electron chi connectivity index (χ4n) is 0.525. The van der Waals surface area contributed by atoms with Crippen molar-refractivity contribution in [2.75, 3.05) is 0 Å². The molecule has 0 bridgehead atoms. The van der Waals surface area contributed by atoms with E-state index in [0.29, 0.717) is 0 Å². The Labute approximate surface area is 70.8 Å². The molecule has 1 nitrogen and oxygen atoms in total. The van der Waals surface area contributed by atoms with Crippen molar-refractivity contribution in [1.29, 1.82) is 0 Å². The second-order valence-electron chi connectivity index (χ2n) is 3.83. The van der Waals surface area contributed by atoms with E-state index in [1.807, 2.05) is 0 Å². The first kappa shape index (κ1) is 10.5. The van der Waals surface area contributed by atoms with Crippen LogP contribution in [0.15, 0.2) is 0 Å². The van der Waals surface area contributed by atoms with Crippen LogP contribution in [-0.4, -0.2) is 19.5 Å². The van der Waals surface area contributed by atoms with Crippen LogP contribution in [0.3, 0.4) is 0 Å². The highest BCUT2D eigenvalue weighted by atomic mass is 35.5. The Kier molecular flexibility index (Phi) is 3.92. The average molecular weight is 179 g/mol. The Bertz CT molecular complexity index is 98.3. The second kappa shape index (κ2) is 3.74. The summed E-state index contributed by atoms with van der Waals surface area (Å²) in [6.07, 6.45) is 0. The number of hydrogen-bond acceptors (Lipinski definition) is 1. The van der Waals surface area contributed by atoms with Crippen molar-refractivity contribution in [2.45, 2.75) is 44.5 Å². The summed E-state index contributed by atoms with van der Waals surface area (Å²) in [7, 11) is -0.391. The van der Waals surface area contributed by atoms with Gasteiger partial charge in [-0.2, -0.15) is 0 Å². The van der Waals surface area contributed by atoms with E-state index in [-0.39, 0.29) is 10.7 Å². The van der Waals surface area contributed by atoms with Gasteiger partial charge in [0, 0.05) is 5.54 Å². The third-order valence-electron chi connectivity index (χ3n) is 1.07. The van der Waals surface area contributed by atoms with Crippen molar-refractivity contribution in [2.24, 2.45) is 0 Å². The molecule has 0 saturated carbocycles. The van der Waals surface area contributed by atoms with Crippen LogP contribution in [-0.2, 0) is 0 Å². The van der Waals surface area contributed by atoms with E-state index in [1.165, 1.54) is 0 Å². The molecule has 1 atom stereocenters. The monoisotopic (exact) mass is 178 g/mol. The second-order valence-corrected chi connectivity index (χ2v) is 7.37. The molecule has 1 N–H and O–H groups in total. The van der Waals surface area contributed by atoms with Crippen LogP contribution in [0.2, 0.25) is 13.1 Å². The lowest BCUT2D eigenvalue weighted by Crippen LogP contribution is -2.46. The fourth-order valence-corrected chi connectivity index (χ4v) is 1.57. The van der Waals surface area contributed by atoms with E-state index in [9.17, 15) is 0 Å². The summed E-state index contributed by atoms with van der Waals surface area (Å²) in [5, 5.41) is 3.51. The van der Waals surface area contributed by atoms with E-state index < -0.39 is 8.80 Å². The average Bonchev–Trinajstić information content (AvgIpc) is 1.60. The highest BCUT2D eigenvalue weighted by molar-refractivity contribution is 6.67. The fraction of sp³-hybridized carbons (Fsp3) is 1.00. The SMILES string of the molecule is C[Si](C)C(Cl)NC(C)(C)C. The summed E-state index contributed by atoms with van der Waals surface area (Å²) < 4.78 is 0. The van der Waals surface area contributed by atoms with Crippen LogP contribution >= 0.6 is 11.6 Å². The molecule has 61 valence electrons. The first-order valence-corrected chi connectivity index (χ1v) is 6.56. The summed E-state index contributed by atoms with van der Waals surface area (Å²) in [6, 6.07) is 0. The zero-order valence-corrected chi connectivity index (χ0v) is 9.21. The highest BCUT2D eigenvalue weighted by Crippen LogP contribution is 2.06. The van der Waals surface area contributed by atoms with Gasteiger partial charge in [0.2, 0.25) is 0 Å².